The van der Waals surface area contributed by atoms with Crippen LogP contribution < -0.4 is 15.8 Å². The molecule has 0 bridgehead atoms. The Bertz CT molecular complexity index is 754. The molecule has 2 amide bonds. The van der Waals surface area contributed by atoms with Crippen LogP contribution in [0.4, 0.5) is 0 Å². The van der Waals surface area contributed by atoms with Gasteiger partial charge in [0, 0.05) is 0 Å². The highest BCUT2D eigenvalue weighted by Crippen LogP contribution is 2.20. The van der Waals surface area contributed by atoms with Crippen molar-refractivity contribution >= 4 is 11.8 Å². The molecule has 0 saturated carbocycles. The summed E-state index contributed by atoms with van der Waals surface area (Å²) in [7, 11) is 0. The Hall–Kier alpha value is -2.82. The highest BCUT2D eigenvalue weighted by Gasteiger charge is 2.16. The molecule has 5 heteroatoms. The predicted molar refractivity (Wildman–Crippen MR) is 102 cm³/mol. The zero-order chi connectivity index (χ0) is 19.1. The van der Waals surface area contributed by atoms with Crippen LogP contribution in [0.1, 0.15) is 48.3 Å². The second kappa shape index (κ2) is 9.04. The molecule has 0 heterocycles. The van der Waals surface area contributed by atoms with Crippen molar-refractivity contribution in [3.8, 4) is 5.75 Å². The molecule has 0 fully saturated rings. The van der Waals surface area contributed by atoms with Gasteiger partial charge >= 0.3 is 0 Å². The van der Waals surface area contributed by atoms with E-state index in [0.29, 0.717) is 17.2 Å². The minimum absolute atomic E-state index is 0.153. The SMILES string of the molecule is CC(C)Cc1ccc(C(C)NC(=O)c2ccccc2OCC(N)=O)cc1. The standard InChI is InChI=1S/C21H26N2O3/c1-14(2)12-16-8-10-17(11-9-16)15(3)23-21(25)18-6-4-5-7-19(18)26-13-20(22)24/h4-11,14-15H,12-13H2,1-3H3,(H2,22,24)(H,23,25). The zero-order valence-corrected chi connectivity index (χ0v) is 15.5. The molecular weight excluding hydrogens is 328 g/mol. The van der Waals surface area contributed by atoms with Crippen molar-refractivity contribution in [3.63, 3.8) is 0 Å². The molecular formula is C21H26N2O3. The molecule has 5 nitrogen and oxygen atoms in total. The van der Waals surface area contributed by atoms with Crippen LogP contribution in [0.2, 0.25) is 0 Å². The van der Waals surface area contributed by atoms with E-state index in [-0.39, 0.29) is 18.6 Å². The molecule has 0 radical (unpaired) electrons. The first-order valence-electron chi connectivity index (χ1n) is 8.76. The first kappa shape index (κ1) is 19.5. The number of ether oxygens (including phenoxy) is 1. The van der Waals surface area contributed by atoms with Gasteiger partial charge in [-0.15, -0.1) is 0 Å². The normalized spacial score (nSPS) is 11.8. The third kappa shape index (κ3) is 5.62. The van der Waals surface area contributed by atoms with Crippen molar-refractivity contribution in [1.82, 2.24) is 5.32 Å². The van der Waals surface area contributed by atoms with E-state index in [1.165, 1.54) is 5.56 Å². The monoisotopic (exact) mass is 354 g/mol. The second-order valence-electron chi connectivity index (χ2n) is 6.79. The lowest BCUT2D eigenvalue weighted by Gasteiger charge is -2.17. The number of carbonyl (C=O) groups excluding carboxylic acids is 2. The minimum Gasteiger partial charge on any atom is -0.483 e. The summed E-state index contributed by atoms with van der Waals surface area (Å²) in [6.45, 7) is 6.04. The fourth-order valence-electron chi connectivity index (χ4n) is 2.70. The Morgan fingerprint density at radius 2 is 1.69 bits per heavy atom. The summed E-state index contributed by atoms with van der Waals surface area (Å²) in [5.41, 5.74) is 7.79. The number of amides is 2. The van der Waals surface area contributed by atoms with E-state index in [9.17, 15) is 9.59 Å². The van der Waals surface area contributed by atoms with Gasteiger partial charge in [-0.2, -0.15) is 0 Å². The van der Waals surface area contributed by atoms with Crippen LogP contribution in [0.5, 0.6) is 5.75 Å². The Morgan fingerprint density at radius 1 is 1.04 bits per heavy atom. The fourth-order valence-corrected chi connectivity index (χ4v) is 2.70. The van der Waals surface area contributed by atoms with Gasteiger partial charge in [0.05, 0.1) is 11.6 Å². The Labute approximate surface area is 154 Å². The van der Waals surface area contributed by atoms with E-state index in [1.807, 2.05) is 19.1 Å². The number of primary amides is 1. The Morgan fingerprint density at radius 3 is 2.31 bits per heavy atom. The smallest absolute Gasteiger partial charge is 0.255 e. The van der Waals surface area contributed by atoms with Crippen LogP contribution in [-0.4, -0.2) is 18.4 Å². The van der Waals surface area contributed by atoms with Crippen LogP contribution in [0, 0.1) is 5.92 Å². The number of para-hydroxylation sites is 1. The Kier molecular flexibility index (Phi) is 6.78. The van der Waals surface area contributed by atoms with Gasteiger partial charge in [-0.3, -0.25) is 9.59 Å². The number of benzene rings is 2. The minimum atomic E-state index is -0.588. The molecule has 0 aliphatic heterocycles. The molecule has 0 saturated heterocycles. The molecule has 2 aromatic carbocycles. The molecule has 26 heavy (non-hydrogen) atoms. The highest BCUT2D eigenvalue weighted by atomic mass is 16.5. The number of hydrogen-bond donors (Lipinski definition) is 2. The van der Waals surface area contributed by atoms with Crippen molar-refractivity contribution in [1.29, 1.82) is 0 Å². The van der Waals surface area contributed by atoms with Gasteiger partial charge in [0.1, 0.15) is 5.75 Å². The number of carbonyl (C=O) groups is 2. The van der Waals surface area contributed by atoms with Gasteiger partial charge in [0.15, 0.2) is 6.61 Å². The van der Waals surface area contributed by atoms with Crippen molar-refractivity contribution in [2.45, 2.75) is 33.2 Å². The number of nitrogens with one attached hydrogen (secondary N) is 1. The van der Waals surface area contributed by atoms with Crippen LogP contribution in [0.15, 0.2) is 48.5 Å². The van der Waals surface area contributed by atoms with E-state index in [1.54, 1.807) is 24.3 Å². The molecule has 0 aliphatic carbocycles. The number of hydrogen-bond acceptors (Lipinski definition) is 3. The van der Waals surface area contributed by atoms with Crippen molar-refractivity contribution < 1.29 is 14.3 Å². The third-order valence-electron chi connectivity index (χ3n) is 3.97. The largest absolute Gasteiger partial charge is 0.483 e. The molecule has 1 atom stereocenters. The predicted octanol–water partition coefficient (Wildman–Crippen LogP) is 3.24. The van der Waals surface area contributed by atoms with Gasteiger partial charge in [0.2, 0.25) is 0 Å². The summed E-state index contributed by atoms with van der Waals surface area (Å²) >= 11 is 0. The van der Waals surface area contributed by atoms with E-state index in [4.69, 9.17) is 10.5 Å². The summed E-state index contributed by atoms with van der Waals surface area (Å²) in [5, 5.41) is 2.97. The molecule has 1 unspecified atom stereocenters. The molecule has 3 N–H and O–H groups in total. The first-order valence-corrected chi connectivity index (χ1v) is 8.76. The van der Waals surface area contributed by atoms with E-state index >= 15 is 0 Å². The third-order valence-corrected chi connectivity index (χ3v) is 3.97. The molecule has 0 spiro atoms. The van der Waals surface area contributed by atoms with Crippen LogP contribution in [-0.2, 0) is 11.2 Å². The van der Waals surface area contributed by atoms with Crippen LogP contribution in [0.25, 0.3) is 0 Å². The maximum Gasteiger partial charge on any atom is 0.255 e. The van der Waals surface area contributed by atoms with Gasteiger partial charge in [-0.05, 0) is 42.5 Å². The first-order chi connectivity index (χ1) is 12.4. The van der Waals surface area contributed by atoms with Gasteiger partial charge in [-0.1, -0.05) is 50.2 Å². The Balaban J connectivity index is 2.06. The summed E-state index contributed by atoms with van der Waals surface area (Å²) < 4.78 is 5.32. The molecule has 0 aliphatic rings. The highest BCUT2D eigenvalue weighted by molar-refractivity contribution is 5.97. The lowest BCUT2D eigenvalue weighted by Crippen LogP contribution is -2.28. The molecule has 2 rings (SSSR count). The van der Waals surface area contributed by atoms with Crippen LogP contribution >= 0.6 is 0 Å². The molecule has 0 aromatic heterocycles. The maximum absolute atomic E-state index is 12.6. The average molecular weight is 354 g/mol. The van der Waals surface area contributed by atoms with Crippen LogP contribution in [0.3, 0.4) is 0 Å². The van der Waals surface area contributed by atoms with E-state index in [2.05, 4.69) is 31.3 Å². The topological polar surface area (TPSA) is 81.4 Å². The fraction of sp³-hybridized carbons (Fsp3) is 0.333. The quantitative estimate of drug-likeness (QED) is 0.763. The number of nitrogens with two attached hydrogens (primary N) is 1. The molecule has 138 valence electrons. The average Bonchev–Trinajstić information content (AvgIpc) is 2.60. The lowest BCUT2D eigenvalue weighted by molar-refractivity contribution is -0.119. The summed E-state index contributed by atoms with van der Waals surface area (Å²) in [6, 6.07) is 14.9. The summed E-state index contributed by atoms with van der Waals surface area (Å²) in [4.78, 5) is 23.5. The zero-order valence-electron chi connectivity index (χ0n) is 15.5. The summed E-state index contributed by atoms with van der Waals surface area (Å²) in [5.74, 6) is 0.0945. The van der Waals surface area contributed by atoms with Crippen molar-refractivity contribution in [2.24, 2.45) is 11.7 Å². The van der Waals surface area contributed by atoms with Gasteiger partial charge in [0.25, 0.3) is 11.8 Å². The lowest BCUT2D eigenvalue weighted by atomic mass is 10.00. The summed E-state index contributed by atoms with van der Waals surface area (Å²) in [6.07, 6.45) is 1.03. The second-order valence-corrected chi connectivity index (χ2v) is 6.79. The molecule has 2 aromatic rings. The van der Waals surface area contributed by atoms with Crippen molar-refractivity contribution in [2.75, 3.05) is 6.61 Å². The van der Waals surface area contributed by atoms with E-state index in [0.717, 1.165) is 12.0 Å². The number of rotatable bonds is 8. The van der Waals surface area contributed by atoms with Crippen molar-refractivity contribution in [3.05, 3.63) is 65.2 Å². The maximum atomic E-state index is 12.6. The van der Waals surface area contributed by atoms with Gasteiger partial charge in [-0.25, -0.2) is 0 Å². The van der Waals surface area contributed by atoms with E-state index < -0.39 is 5.91 Å². The van der Waals surface area contributed by atoms with Gasteiger partial charge < -0.3 is 15.8 Å².